The van der Waals surface area contributed by atoms with Gasteiger partial charge in [0.1, 0.15) is 0 Å². The second kappa shape index (κ2) is 5.65. The van der Waals surface area contributed by atoms with Gasteiger partial charge in [-0.1, -0.05) is 13.8 Å². The van der Waals surface area contributed by atoms with Crippen molar-refractivity contribution in [2.45, 2.75) is 32.9 Å². The maximum atomic E-state index is 5.78. The van der Waals surface area contributed by atoms with Gasteiger partial charge in [-0.05, 0) is 18.3 Å². The van der Waals surface area contributed by atoms with Gasteiger partial charge in [-0.3, -0.25) is 4.68 Å². The van der Waals surface area contributed by atoms with Crippen LogP contribution in [0.25, 0.3) is 0 Å². The van der Waals surface area contributed by atoms with Gasteiger partial charge in [0.25, 0.3) is 0 Å². The zero-order valence-electron chi connectivity index (χ0n) is 11.0. The normalized spacial score (nSPS) is 24.7. The summed E-state index contributed by atoms with van der Waals surface area (Å²) < 4.78 is 7.62. The third-order valence-corrected chi connectivity index (χ3v) is 3.41. The van der Waals surface area contributed by atoms with E-state index < -0.39 is 0 Å². The first-order valence-corrected chi connectivity index (χ1v) is 6.46. The largest absolute Gasteiger partial charge is 0.378 e. The maximum Gasteiger partial charge on any atom is 0.0639 e. The molecule has 0 aliphatic carbocycles. The van der Waals surface area contributed by atoms with E-state index in [1.807, 2.05) is 17.9 Å². The molecule has 1 aliphatic heterocycles. The van der Waals surface area contributed by atoms with Crippen molar-refractivity contribution in [3.63, 3.8) is 0 Å². The van der Waals surface area contributed by atoms with E-state index in [1.54, 1.807) is 0 Å². The van der Waals surface area contributed by atoms with Crippen LogP contribution in [0.2, 0.25) is 0 Å². The van der Waals surface area contributed by atoms with Crippen molar-refractivity contribution < 1.29 is 4.74 Å². The van der Waals surface area contributed by atoms with Crippen LogP contribution in [0.4, 0.5) is 0 Å². The predicted octanol–water partition coefficient (Wildman–Crippen LogP) is 1.57. The Morgan fingerprint density at radius 1 is 1.59 bits per heavy atom. The molecule has 0 bridgehead atoms. The van der Waals surface area contributed by atoms with Crippen molar-refractivity contribution in [3.05, 3.63) is 18.0 Å². The summed E-state index contributed by atoms with van der Waals surface area (Å²) in [6.45, 7) is 7.34. The van der Waals surface area contributed by atoms with Crippen molar-refractivity contribution in [2.75, 3.05) is 13.2 Å². The molecule has 0 spiro atoms. The van der Waals surface area contributed by atoms with Crippen LogP contribution < -0.4 is 5.32 Å². The van der Waals surface area contributed by atoms with E-state index in [4.69, 9.17) is 4.74 Å². The van der Waals surface area contributed by atoms with Crippen LogP contribution in [-0.4, -0.2) is 29.0 Å². The number of aromatic nitrogens is 2. The number of rotatable bonds is 5. The molecule has 0 radical (unpaired) electrons. The minimum absolute atomic E-state index is 0.427. The summed E-state index contributed by atoms with van der Waals surface area (Å²) in [5.41, 5.74) is 1.24. The summed E-state index contributed by atoms with van der Waals surface area (Å²) in [5, 5.41) is 7.67. The molecule has 1 aromatic heterocycles. The fourth-order valence-corrected chi connectivity index (χ4v) is 2.58. The van der Waals surface area contributed by atoms with Gasteiger partial charge in [0.2, 0.25) is 0 Å². The first-order chi connectivity index (χ1) is 8.16. The van der Waals surface area contributed by atoms with Crippen LogP contribution in [0.1, 0.15) is 25.8 Å². The number of nitrogens with zero attached hydrogens (tertiary/aromatic N) is 2. The zero-order valence-corrected chi connectivity index (χ0v) is 11.0. The molecule has 1 aromatic rings. The van der Waals surface area contributed by atoms with Crippen LogP contribution in [0, 0.1) is 11.8 Å². The highest BCUT2D eigenvalue weighted by atomic mass is 16.5. The Morgan fingerprint density at radius 2 is 2.41 bits per heavy atom. The van der Waals surface area contributed by atoms with Gasteiger partial charge >= 0.3 is 0 Å². The van der Waals surface area contributed by atoms with Crippen molar-refractivity contribution in [2.24, 2.45) is 18.9 Å². The molecule has 2 atom stereocenters. The summed E-state index contributed by atoms with van der Waals surface area (Å²) in [6.07, 6.45) is 5.58. The lowest BCUT2D eigenvalue weighted by molar-refractivity contribution is 0.0539. The van der Waals surface area contributed by atoms with Gasteiger partial charge in [0, 0.05) is 38.5 Å². The van der Waals surface area contributed by atoms with Crippen LogP contribution in [0.3, 0.4) is 0 Å². The molecule has 1 N–H and O–H groups in total. The van der Waals surface area contributed by atoms with E-state index in [-0.39, 0.29) is 0 Å². The Balaban J connectivity index is 1.74. The molecule has 0 aromatic carbocycles. The number of nitrogens with one attached hydrogen (secondary N) is 1. The molecular formula is C13H23N3O. The molecule has 2 heterocycles. The highest BCUT2D eigenvalue weighted by Crippen LogP contribution is 2.26. The molecule has 2 rings (SSSR count). The SMILES string of the molecule is CC(C)[C@H]1OCC[C@@H]1CNCc1cnn(C)c1. The Morgan fingerprint density at radius 3 is 3.06 bits per heavy atom. The maximum absolute atomic E-state index is 5.78. The molecule has 4 heteroatoms. The lowest BCUT2D eigenvalue weighted by Gasteiger charge is -2.22. The van der Waals surface area contributed by atoms with Gasteiger partial charge in [0.15, 0.2) is 0 Å². The van der Waals surface area contributed by atoms with E-state index in [9.17, 15) is 0 Å². The number of hydrogen-bond acceptors (Lipinski definition) is 3. The summed E-state index contributed by atoms with van der Waals surface area (Å²) in [5.74, 6) is 1.27. The monoisotopic (exact) mass is 237 g/mol. The average Bonchev–Trinajstić information content (AvgIpc) is 2.87. The summed E-state index contributed by atoms with van der Waals surface area (Å²) in [4.78, 5) is 0. The average molecular weight is 237 g/mol. The highest BCUT2D eigenvalue weighted by Gasteiger charge is 2.29. The van der Waals surface area contributed by atoms with Crippen LogP contribution >= 0.6 is 0 Å². The molecular weight excluding hydrogens is 214 g/mol. The molecule has 1 aliphatic rings. The van der Waals surface area contributed by atoms with E-state index in [0.717, 1.165) is 19.7 Å². The fraction of sp³-hybridized carbons (Fsp3) is 0.769. The Bertz CT molecular complexity index is 348. The van der Waals surface area contributed by atoms with Crippen molar-refractivity contribution >= 4 is 0 Å². The van der Waals surface area contributed by atoms with E-state index in [0.29, 0.717) is 17.9 Å². The Hall–Kier alpha value is -0.870. The topological polar surface area (TPSA) is 39.1 Å². The Labute approximate surface area is 103 Å². The minimum atomic E-state index is 0.427. The lowest BCUT2D eigenvalue weighted by atomic mass is 9.93. The molecule has 1 saturated heterocycles. The third kappa shape index (κ3) is 3.30. The molecule has 96 valence electrons. The van der Waals surface area contributed by atoms with Gasteiger partial charge in [0.05, 0.1) is 12.3 Å². The third-order valence-electron chi connectivity index (χ3n) is 3.41. The smallest absolute Gasteiger partial charge is 0.0639 e. The number of aryl methyl sites for hydroxylation is 1. The molecule has 17 heavy (non-hydrogen) atoms. The summed E-state index contributed by atoms with van der Waals surface area (Å²) >= 11 is 0. The van der Waals surface area contributed by atoms with E-state index in [2.05, 4.69) is 30.5 Å². The van der Waals surface area contributed by atoms with Crippen LogP contribution in [0.5, 0.6) is 0 Å². The van der Waals surface area contributed by atoms with Gasteiger partial charge in [-0.25, -0.2) is 0 Å². The fourth-order valence-electron chi connectivity index (χ4n) is 2.58. The highest BCUT2D eigenvalue weighted by molar-refractivity contribution is 5.02. The van der Waals surface area contributed by atoms with Crippen molar-refractivity contribution in [3.8, 4) is 0 Å². The molecule has 4 nitrogen and oxygen atoms in total. The lowest BCUT2D eigenvalue weighted by Crippen LogP contribution is -2.31. The molecule has 0 amide bonds. The quantitative estimate of drug-likeness (QED) is 0.845. The standard InChI is InChI=1S/C13H23N3O/c1-10(2)13-12(4-5-17-13)8-14-6-11-7-15-16(3)9-11/h7,9-10,12-14H,4-6,8H2,1-3H3/t12-,13-/m1/s1. The second-order valence-corrected chi connectivity index (χ2v) is 5.28. The van der Waals surface area contributed by atoms with Crippen LogP contribution in [0.15, 0.2) is 12.4 Å². The molecule has 1 fully saturated rings. The summed E-state index contributed by atoms with van der Waals surface area (Å²) in [6, 6.07) is 0. The van der Waals surface area contributed by atoms with Crippen molar-refractivity contribution in [1.82, 2.24) is 15.1 Å². The van der Waals surface area contributed by atoms with Gasteiger partial charge < -0.3 is 10.1 Å². The second-order valence-electron chi connectivity index (χ2n) is 5.28. The van der Waals surface area contributed by atoms with Crippen molar-refractivity contribution in [1.29, 1.82) is 0 Å². The number of ether oxygens (including phenoxy) is 1. The first-order valence-electron chi connectivity index (χ1n) is 6.46. The van der Waals surface area contributed by atoms with Gasteiger partial charge in [-0.2, -0.15) is 5.10 Å². The predicted molar refractivity (Wildman–Crippen MR) is 67.6 cm³/mol. The Kier molecular flexibility index (Phi) is 4.18. The van der Waals surface area contributed by atoms with Gasteiger partial charge in [-0.15, -0.1) is 0 Å². The number of hydrogen-bond donors (Lipinski definition) is 1. The summed E-state index contributed by atoms with van der Waals surface area (Å²) in [7, 11) is 1.95. The molecule has 0 saturated carbocycles. The minimum Gasteiger partial charge on any atom is -0.378 e. The van der Waals surface area contributed by atoms with Crippen LogP contribution in [-0.2, 0) is 18.3 Å². The molecule has 0 unspecified atom stereocenters. The van der Waals surface area contributed by atoms with E-state index >= 15 is 0 Å². The zero-order chi connectivity index (χ0) is 12.3. The van der Waals surface area contributed by atoms with E-state index in [1.165, 1.54) is 12.0 Å². The first kappa shape index (κ1) is 12.6.